The van der Waals surface area contributed by atoms with Crippen molar-refractivity contribution in [3.05, 3.63) is 60.0 Å². The van der Waals surface area contributed by atoms with Crippen LogP contribution in [0.1, 0.15) is 11.3 Å². The van der Waals surface area contributed by atoms with Crippen molar-refractivity contribution < 1.29 is 4.21 Å². The van der Waals surface area contributed by atoms with Gasteiger partial charge in [0.15, 0.2) is 0 Å². The fourth-order valence-corrected chi connectivity index (χ4v) is 3.32. The highest BCUT2D eigenvalue weighted by molar-refractivity contribution is 7.84. The van der Waals surface area contributed by atoms with Gasteiger partial charge in [0, 0.05) is 12.4 Å². The van der Waals surface area contributed by atoms with Crippen molar-refractivity contribution in [1.29, 1.82) is 0 Å². The Balaban J connectivity index is 1.90. The molecule has 3 aromatic rings. The number of nitrogens with two attached hydrogens (primary N) is 1. The van der Waals surface area contributed by atoms with Gasteiger partial charge in [0.25, 0.3) is 0 Å². The van der Waals surface area contributed by atoms with E-state index in [2.05, 4.69) is 4.98 Å². The zero-order chi connectivity index (χ0) is 14.1. The summed E-state index contributed by atoms with van der Waals surface area (Å²) in [5, 5.41) is 0. The smallest absolute Gasteiger partial charge is 0.137 e. The van der Waals surface area contributed by atoms with Crippen molar-refractivity contribution in [3.8, 4) is 0 Å². The molecule has 0 aliphatic rings. The van der Waals surface area contributed by atoms with E-state index in [1.807, 2.05) is 60.1 Å². The van der Waals surface area contributed by atoms with Crippen LogP contribution >= 0.6 is 0 Å². The molecule has 0 saturated carbocycles. The first-order valence-corrected chi connectivity index (χ1v) is 7.63. The van der Waals surface area contributed by atoms with E-state index in [1.165, 1.54) is 0 Å². The van der Waals surface area contributed by atoms with Crippen LogP contribution < -0.4 is 5.73 Å². The standard InChI is InChI=1S/C15H15N3OS/c1-11-5-4-6-13(15(11)16)20(19)10-12-9-18-8-3-2-7-14(18)17-12/h2-9H,10,16H2,1H3. The minimum absolute atomic E-state index is 0.370. The maximum atomic E-state index is 12.4. The third-order valence-electron chi connectivity index (χ3n) is 3.22. The van der Waals surface area contributed by atoms with Crippen LogP contribution in [0.5, 0.6) is 0 Å². The van der Waals surface area contributed by atoms with Crippen LogP contribution in [0.25, 0.3) is 5.65 Å². The number of pyridine rings is 1. The summed E-state index contributed by atoms with van der Waals surface area (Å²) in [7, 11) is -1.18. The van der Waals surface area contributed by atoms with Gasteiger partial charge in [-0.2, -0.15) is 0 Å². The number of aryl methyl sites for hydroxylation is 1. The number of fused-ring (bicyclic) bond motifs is 1. The highest BCUT2D eigenvalue weighted by atomic mass is 32.2. The molecule has 3 rings (SSSR count). The maximum absolute atomic E-state index is 12.4. The first-order valence-electron chi connectivity index (χ1n) is 6.31. The third-order valence-corrected chi connectivity index (χ3v) is 4.63. The topological polar surface area (TPSA) is 60.4 Å². The van der Waals surface area contributed by atoms with Gasteiger partial charge in [-0.1, -0.05) is 18.2 Å². The second-order valence-electron chi connectivity index (χ2n) is 4.67. The highest BCUT2D eigenvalue weighted by Crippen LogP contribution is 2.22. The Morgan fingerprint density at radius 1 is 1.25 bits per heavy atom. The normalized spacial score (nSPS) is 12.7. The van der Waals surface area contributed by atoms with Crippen LogP contribution in [-0.4, -0.2) is 13.6 Å². The number of anilines is 1. The van der Waals surface area contributed by atoms with Crippen LogP contribution in [0, 0.1) is 6.92 Å². The lowest BCUT2D eigenvalue weighted by Crippen LogP contribution is -2.02. The largest absolute Gasteiger partial charge is 0.398 e. The van der Waals surface area contributed by atoms with Crippen molar-refractivity contribution in [1.82, 2.24) is 9.38 Å². The van der Waals surface area contributed by atoms with Crippen LogP contribution in [0.3, 0.4) is 0 Å². The SMILES string of the molecule is Cc1cccc(S(=O)Cc2cn3ccccc3n2)c1N. The summed E-state index contributed by atoms with van der Waals surface area (Å²) in [5.74, 6) is 0.370. The first kappa shape index (κ1) is 12.9. The van der Waals surface area contributed by atoms with Crippen molar-refractivity contribution in [2.45, 2.75) is 17.6 Å². The molecule has 1 aromatic carbocycles. The highest BCUT2D eigenvalue weighted by Gasteiger charge is 2.12. The minimum Gasteiger partial charge on any atom is -0.398 e. The molecule has 0 aliphatic carbocycles. The molecule has 102 valence electrons. The average molecular weight is 285 g/mol. The Bertz CT molecular complexity index is 762. The van der Waals surface area contributed by atoms with Crippen molar-refractivity contribution in [2.24, 2.45) is 0 Å². The first-order chi connectivity index (χ1) is 9.65. The molecule has 0 aliphatic heterocycles. The molecule has 5 heteroatoms. The summed E-state index contributed by atoms with van der Waals surface area (Å²) in [4.78, 5) is 5.14. The summed E-state index contributed by atoms with van der Waals surface area (Å²) < 4.78 is 14.4. The minimum atomic E-state index is -1.18. The number of rotatable bonds is 3. The van der Waals surface area contributed by atoms with E-state index in [0.717, 1.165) is 16.9 Å². The van der Waals surface area contributed by atoms with Gasteiger partial charge in [-0.25, -0.2) is 4.98 Å². The molecule has 2 N–H and O–H groups in total. The Labute approximate surface area is 119 Å². The number of aromatic nitrogens is 2. The van der Waals surface area contributed by atoms with Crippen LogP contribution in [0.15, 0.2) is 53.7 Å². The van der Waals surface area contributed by atoms with E-state index >= 15 is 0 Å². The summed E-state index contributed by atoms with van der Waals surface area (Å²) in [6, 6.07) is 11.4. The van der Waals surface area contributed by atoms with Gasteiger partial charge in [0.1, 0.15) is 5.65 Å². The molecule has 0 saturated heterocycles. The van der Waals surface area contributed by atoms with Gasteiger partial charge in [-0.15, -0.1) is 0 Å². The molecule has 0 radical (unpaired) electrons. The molecule has 20 heavy (non-hydrogen) atoms. The van der Waals surface area contributed by atoms with Gasteiger partial charge < -0.3 is 10.1 Å². The number of benzene rings is 1. The molecule has 0 amide bonds. The quantitative estimate of drug-likeness (QED) is 0.752. The zero-order valence-corrected chi connectivity index (χ0v) is 11.9. The number of nitrogens with zero attached hydrogens (tertiary/aromatic N) is 2. The summed E-state index contributed by atoms with van der Waals surface area (Å²) in [5.41, 5.74) is 9.21. The van der Waals surface area contributed by atoms with Gasteiger partial charge in [0.2, 0.25) is 0 Å². The zero-order valence-electron chi connectivity index (χ0n) is 11.1. The van der Waals surface area contributed by atoms with Crippen LogP contribution in [0.4, 0.5) is 5.69 Å². The van der Waals surface area contributed by atoms with Crippen molar-refractivity contribution in [3.63, 3.8) is 0 Å². The number of hydrogen-bond acceptors (Lipinski definition) is 3. The molecule has 0 bridgehead atoms. The molecule has 2 aromatic heterocycles. The van der Waals surface area contributed by atoms with E-state index < -0.39 is 10.8 Å². The summed E-state index contributed by atoms with van der Waals surface area (Å²) in [6.07, 6.45) is 3.83. The lowest BCUT2D eigenvalue weighted by Gasteiger charge is -2.06. The Morgan fingerprint density at radius 3 is 2.90 bits per heavy atom. The Hall–Kier alpha value is -2.14. The van der Waals surface area contributed by atoms with Gasteiger partial charge in [0.05, 0.1) is 32.8 Å². The second kappa shape index (κ2) is 5.09. The van der Waals surface area contributed by atoms with Crippen molar-refractivity contribution in [2.75, 3.05) is 5.73 Å². The lowest BCUT2D eigenvalue weighted by molar-refractivity contribution is 0.682. The molecule has 0 fully saturated rings. The maximum Gasteiger partial charge on any atom is 0.137 e. The van der Waals surface area contributed by atoms with Crippen LogP contribution in [0.2, 0.25) is 0 Å². The average Bonchev–Trinajstić information content (AvgIpc) is 2.83. The molecule has 1 atom stereocenters. The third kappa shape index (κ3) is 2.32. The van der Waals surface area contributed by atoms with E-state index in [-0.39, 0.29) is 0 Å². The molecule has 0 spiro atoms. The lowest BCUT2D eigenvalue weighted by atomic mass is 10.2. The monoisotopic (exact) mass is 285 g/mol. The Morgan fingerprint density at radius 2 is 2.10 bits per heavy atom. The number of hydrogen-bond donors (Lipinski definition) is 1. The predicted molar refractivity (Wildman–Crippen MR) is 80.9 cm³/mol. The number of para-hydroxylation sites is 1. The second-order valence-corrected chi connectivity index (χ2v) is 6.09. The fourth-order valence-electron chi connectivity index (χ4n) is 2.12. The fraction of sp³-hybridized carbons (Fsp3) is 0.133. The molecular weight excluding hydrogens is 270 g/mol. The molecular formula is C15H15N3OS. The Kier molecular flexibility index (Phi) is 3.28. The van der Waals surface area contributed by atoms with Gasteiger partial charge in [-0.05, 0) is 30.7 Å². The van der Waals surface area contributed by atoms with Gasteiger partial charge in [-0.3, -0.25) is 4.21 Å². The molecule has 1 unspecified atom stereocenters. The summed E-state index contributed by atoms with van der Waals surface area (Å²) in [6.45, 7) is 1.92. The number of nitrogen functional groups attached to an aromatic ring is 1. The summed E-state index contributed by atoms with van der Waals surface area (Å²) >= 11 is 0. The predicted octanol–water partition coefficient (Wildman–Crippen LogP) is 2.53. The number of imidazole rings is 1. The van der Waals surface area contributed by atoms with Gasteiger partial charge >= 0.3 is 0 Å². The molecule has 2 heterocycles. The molecule has 4 nitrogen and oxygen atoms in total. The van der Waals surface area contributed by atoms with Crippen LogP contribution in [-0.2, 0) is 16.6 Å². The van der Waals surface area contributed by atoms with Crippen molar-refractivity contribution >= 4 is 22.1 Å². The van der Waals surface area contributed by atoms with E-state index in [1.54, 1.807) is 0 Å². The van der Waals surface area contributed by atoms with E-state index in [4.69, 9.17) is 5.73 Å². The van der Waals surface area contributed by atoms with E-state index in [0.29, 0.717) is 16.3 Å². The van der Waals surface area contributed by atoms with E-state index in [9.17, 15) is 4.21 Å².